The first-order chi connectivity index (χ1) is 7.69. The minimum atomic E-state index is -0.179. The molecule has 1 aliphatic carbocycles. The molecule has 16 heavy (non-hydrogen) atoms. The van der Waals surface area contributed by atoms with Gasteiger partial charge in [0.05, 0.1) is 0 Å². The van der Waals surface area contributed by atoms with Gasteiger partial charge in [-0.3, -0.25) is 9.78 Å². The van der Waals surface area contributed by atoms with Gasteiger partial charge in [-0.05, 0) is 25.0 Å². The highest BCUT2D eigenvalue weighted by Crippen LogP contribution is 2.37. The molecule has 0 spiro atoms. The molecule has 4 N–H and O–H groups in total. The van der Waals surface area contributed by atoms with Crippen LogP contribution in [0.3, 0.4) is 0 Å². The number of carbonyl (C=O) groups excluding carboxylic acids is 1. The third-order valence-corrected chi connectivity index (χ3v) is 2.87. The minimum absolute atomic E-state index is 0.0430. The molecule has 1 saturated carbocycles. The van der Waals surface area contributed by atoms with Crippen LogP contribution in [0.1, 0.15) is 23.3 Å². The second-order valence-corrected chi connectivity index (χ2v) is 4.12. The first kappa shape index (κ1) is 10.9. The quantitative estimate of drug-likeness (QED) is 0.683. The molecule has 86 valence electrons. The number of hydrogen-bond donors (Lipinski definition) is 3. The SMILES string of the molecule is CNC(=O)c1cc(NC2(CN)CC2)ccn1. The number of pyridine rings is 1. The number of nitrogens with one attached hydrogen (secondary N) is 2. The molecule has 5 nitrogen and oxygen atoms in total. The van der Waals surface area contributed by atoms with Crippen LogP contribution >= 0.6 is 0 Å². The summed E-state index contributed by atoms with van der Waals surface area (Å²) in [5.74, 6) is -0.179. The fourth-order valence-corrected chi connectivity index (χ4v) is 1.60. The van der Waals surface area contributed by atoms with Gasteiger partial charge in [0.25, 0.3) is 5.91 Å². The van der Waals surface area contributed by atoms with E-state index in [0.29, 0.717) is 12.2 Å². The zero-order valence-corrected chi connectivity index (χ0v) is 9.29. The van der Waals surface area contributed by atoms with Crippen LogP contribution in [0.25, 0.3) is 0 Å². The number of carbonyl (C=O) groups is 1. The zero-order chi connectivity index (χ0) is 11.6. The molecule has 0 aliphatic heterocycles. The van der Waals surface area contributed by atoms with Crippen molar-refractivity contribution in [3.05, 3.63) is 24.0 Å². The standard InChI is InChI=1S/C11H16N4O/c1-13-10(16)9-6-8(2-5-14-9)15-11(7-12)3-4-11/h2,5-6H,3-4,7,12H2,1H3,(H,13,16)(H,14,15). The van der Waals surface area contributed by atoms with E-state index in [1.54, 1.807) is 19.3 Å². The number of rotatable bonds is 4. The van der Waals surface area contributed by atoms with E-state index in [4.69, 9.17) is 5.73 Å². The summed E-state index contributed by atoms with van der Waals surface area (Å²) in [7, 11) is 1.59. The van der Waals surface area contributed by atoms with Gasteiger partial charge in [0.15, 0.2) is 0 Å². The monoisotopic (exact) mass is 220 g/mol. The minimum Gasteiger partial charge on any atom is -0.378 e. The van der Waals surface area contributed by atoms with Crippen molar-refractivity contribution in [1.82, 2.24) is 10.3 Å². The van der Waals surface area contributed by atoms with Crippen LogP contribution < -0.4 is 16.4 Å². The highest BCUT2D eigenvalue weighted by atomic mass is 16.1. The van der Waals surface area contributed by atoms with Crippen molar-refractivity contribution in [1.29, 1.82) is 0 Å². The topological polar surface area (TPSA) is 80.0 Å². The van der Waals surface area contributed by atoms with Gasteiger partial charge in [-0.25, -0.2) is 0 Å². The van der Waals surface area contributed by atoms with E-state index in [-0.39, 0.29) is 11.4 Å². The molecule has 1 heterocycles. The van der Waals surface area contributed by atoms with Crippen LogP contribution in [-0.4, -0.2) is 30.0 Å². The Hall–Kier alpha value is -1.62. The predicted octanol–water partition coefficient (Wildman–Crippen LogP) is 0.344. The molecule has 0 bridgehead atoms. The first-order valence-corrected chi connectivity index (χ1v) is 5.35. The molecule has 0 unspecified atom stereocenters. The van der Waals surface area contributed by atoms with Gasteiger partial charge < -0.3 is 16.4 Å². The maximum absolute atomic E-state index is 11.4. The molecule has 1 amide bonds. The third-order valence-electron chi connectivity index (χ3n) is 2.87. The van der Waals surface area contributed by atoms with Gasteiger partial charge in [0.1, 0.15) is 5.69 Å². The molecule has 2 rings (SSSR count). The second-order valence-electron chi connectivity index (χ2n) is 4.12. The van der Waals surface area contributed by atoms with Crippen molar-refractivity contribution in [2.45, 2.75) is 18.4 Å². The maximum atomic E-state index is 11.4. The Kier molecular flexibility index (Phi) is 2.78. The number of nitrogens with two attached hydrogens (primary N) is 1. The van der Waals surface area contributed by atoms with Crippen molar-refractivity contribution in [3.8, 4) is 0 Å². The summed E-state index contributed by atoms with van der Waals surface area (Å²) in [5, 5.41) is 5.90. The molecular formula is C11H16N4O. The van der Waals surface area contributed by atoms with Crippen LogP contribution in [0, 0.1) is 0 Å². The Labute approximate surface area is 94.4 Å². The third kappa shape index (κ3) is 2.14. The van der Waals surface area contributed by atoms with Gasteiger partial charge in [-0.1, -0.05) is 0 Å². The zero-order valence-electron chi connectivity index (χ0n) is 9.29. The lowest BCUT2D eigenvalue weighted by Gasteiger charge is -2.16. The molecule has 1 aliphatic rings. The first-order valence-electron chi connectivity index (χ1n) is 5.35. The van der Waals surface area contributed by atoms with Crippen LogP contribution in [-0.2, 0) is 0 Å². The van der Waals surface area contributed by atoms with Crippen LogP contribution in [0.4, 0.5) is 5.69 Å². The molecular weight excluding hydrogens is 204 g/mol. The van der Waals surface area contributed by atoms with Crippen LogP contribution in [0.15, 0.2) is 18.3 Å². The Balaban J connectivity index is 2.13. The van der Waals surface area contributed by atoms with E-state index >= 15 is 0 Å². The molecule has 0 saturated heterocycles. The van der Waals surface area contributed by atoms with Crippen molar-refractivity contribution in [2.24, 2.45) is 5.73 Å². The number of amides is 1. The maximum Gasteiger partial charge on any atom is 0.269 e. The molecule has 1 aromatic rings. The van der Waals surface area contributed by atoms with Crippen molar-refractivity contribution < 1.29 is 4.79 Å². The lowest BCUT2D eigenvalue weighted by molar-refractivity contribution is 0.0958. The van der Waals surface area contributed by atoms with Gasteiger partial charge in [-0.2, -0.15) is 0 Å². The fourth-order valence-electron chi connectivity index (χ4n) is 1.60. The van der Waals surface area contributed by atoms with Gasteiger partial charge in [-0.15, -0.1) is 0 Å². The number of hydrogen-bond acceptors (Lipinski definition) is 4. The van der Waals surface area contributed by atoms with E-state index in [2.05, 4.69) is 15.6 Å². The van der Waals surface area contributed by atoms with Gasteiger partial charge >= 0.3 is 0 Å². The normalized spacial score (nSPS) is 16.6. The highest BCUT2D eigenvalue weighted by molar-refractivity contribution is 5.92. The van der Waals surface area contributed by atoms with E-state index in [1.807, 2.05) is 6.07 Å². The van der Waals surface area contributed by atoms with E-state index in [9.17, 15) is 4.79 Å². The molecule has 0 atom stereocenters. The van der Waals surface area contributed by atoms with E-state index in [0.717, 1.165) is 18.5 Å². The van der Waals surface area contributed by atoms with Crippen LogP contribution in [0.5, 0.6) is 0 Å². The van der Waals surface area contributed by atoms with Gasteiger partial charge in [0, 0.05) is 31.0 Å². The summed E-state index contributed by atoms with van der Waals surface area (Å²) in [6, 6.07) is 3.59. The summed E-state index contributed by atoms with van der Waals surface area (Å²) in [4.78, 5) is 15.4. The van der Waals surface area contributed by atoms with Crippen molar-refractivity contribution >= 4 is 11.6 Å². The summed E-state index contributed by atoms with van der Waals surface area (Å²) in [6.07, 6.45) is 3.79. The molecule has 0 radical (unpaired) electrons. The summed E-state index contributed by atoms with van der Waals surface area (Å²) in [6.45, 7) is 0.616. The second kappa shape index (κ2) is 4.09. The largest absolute Gasteiger partial charge is 0.378 e. The van der Waals surface area contributed by atoms with Crippen LogP contribution in [0.2, 0.25) is 0 Å². The Morgan fingerprint density at radius 3 is 2.94 bits per heavy atom. The summed E-state index contributed by atoms with van der Waals surface area (Å²) in [5.41, 5.74) is 7.04. The van der Waals surface area contributed by atoms with E-state index < -0.39 is 0 Å². The molecule has 5 heteroatoms. The van der Waals surface area contributed by atoms with E-state index in [1.165, 1.54) is 0 Å². The molecule has 1 fully saturated rings. The van der Waals surface area contributed by atoms with Gasteiger partial charge in [0.2, 0.25) is 0 Å². The van der Waals surface area contributed by atoms with Crippen molar-refractivity contribution in [2.75, 3.05) is 18.9 Å². The van der Waals surface area contributed by atoms with Crippen molar-refractivity contribution in [3.63, 3.8) is 0 Å². The highest BCUT2D eigenvalue weighted by Gasteiger charge is 2.41. The summed E-state index contributed by atoms with van der Waals surface area (Å²) >= 11 is 0. The Morgan fingerprint density at radius 1 is 1.62 bits per heavy atom. The number of anilines is 1. The lowest BCUT2D eigenvalue weighted by Crippen LogP contribution is -2.31. The number of nitrogens with zero attached hydrogens (tertiary/aromatic N) is 1. The fraction of sp³-hybridized carbons (Fsp3) is 0.455. The molecule has 0 aromatic carbocycles. The predicted molar refractivity (Wildman–Crippen MR) is 62.3 cm³/mol. The smallest absolute Gasteiger partial charge is 0.269 e. The average Bonchev–Trinajstić information content (AvgIpc) is 3.09. The summed E-state index contributed by atoms with van der Waals surface area (Å²) < 4.78 is 0. The lowest BCUT2D eigenvalue weighted by atomic mass is 10.2. The average molecular weight is 220 g/mol. The Morgan fingerprint density at radius 2 is 2.38 bits per heavy atom. The Bertz CT molecular complexity index is 401. The number of aromatic nitrogens is 1. The molecule has 1 aromatic heterocycles.